The third kappa shape index (κ3) is 7.09. The van der Waals surface area contributed by atoms with Gasteiger partial charge in [-0.2, -0.15) is 0 Å². The Hall–Kier alpha value is -0.0600. The van der Waals surface area contributed by atoms with Gasteiger partial charge in [0.25, 0.3) is 0 Å². The summed E-state index contributed by atoms with van der Waals surface area (Å²) in [6.45, 7) is 2.82. The van der Waals surface area contributed by atoms with E-state index in [1.54, 1.807) is 4.90 Å². The average molecular weight is 293 g/mol. The molecule has 1 fully saturated rings. The zero-order valence-corrected chi connectivity index (χ0v) is 15.1. The Kier molecular flexibility index (Phi) is 11.5. The van der Waals surface area contributed by atoms with Gasteiger partial charge in [-0.3, -0.25) is 4.79 Å². The summed E-state index contributed by atoms with van der Waals surface area (Å²) in [4.78, 5) is 24.5. The number of amides is 1. The molecule has 1 atom stereocenters. The zero-order chi connectivity index (χ0) is 14.1. The molecule has 5 heteroatoms. The summed E-state index contributed by atoms with van der Waals surface area (Å²) >= 11 is 0. The van der Waals surface area contributed by atoms with E-state index in [1.165, 1.54) is 32.1 Å². The van der Waals surface area contributed by atoms with Crippen LogP contribution in [0.3, 0.4) is 0 Å². The number of rotatable bonds is 9. The van der Waals surface area contributed by atoms with Crippen LogP contribution in [0.5, 0.6) is 0 Å². The summed E-state index contributed by atoms with van der Waals surface area (Å²) in [6, 6.07) is -0.572. The van der Waals surface area contributed by atoms with Crippen molar-refractivity contribution in [3.8, 4) is 0 Å². The standard InChI is InChI=1S/C15H27NO3.Na.H/c1-2-3-4-5-6-7-8-11-14(17)16-12-9-10-13(16)15(18)19;;/h13H,2-12H2,1H3,(H,18,19);;/q;+1;-1. The van der Waals surface area contributed by atoms with Gasteiger partial charge in [0, 0.05) is 13.0 Å². The Morgan fingerprint density at radius 1 is 1.15 bits per heavy atom. The minimum Gasteiger partial charge on any atom is -1.00 e. The van der Waals surface area contributed by atoms with Crippen molar-refractivity contribution in [3.05, 3.63) is 0 Å². The number of hydrogen-bond donors (Lipinski definition) is 1. The summed E-state index contributed by atoms with van der Waals surface area (Å²) in [7, 11) is 0. The molecule has 1 N–H and O–H groups in total. The van der Waals surface area contributed by atoms with Crippen LogP contribution in [-0.2, 0) is 9.59 Å². The number of carboxylic acids is 1. The maximum atomic E-state index is 12.0. The van der Waals surface area contributed by atoms with Crippen molar-refractivity contribution in [3.63, 3.8) is 0 Å². The predicted molar refractivity (Wildman–Crippen MR) is 76.1 cm³/mol. The topological polar surface area (TPSA) is 57.6 Å². The van der Waals surface area contributed by atoms with Gasteiger partial charge in [0.05, 0.1) is 0 Å². The molecule has 1 amide bonds. The van der Waals surface area contributed by atoms with Gasteiger partial charge in [0.2, 0.25) is 5.91 Å². The summed E-state index contributed by atoms with van der Waals surface area (Å²) in [5.74, 6) is -0.830. The first-order valence-electron chi connectivity index (χ1n) is 7.69. The van der Waals surface area contributed by atoms with Gasteiger partial charge in [0.15, 0.2) is 0 Å². The van der Waals surface area contributed by atoms with Crippen molar-refractivity contribution >= 4 is 11.9 Å². The van der Waals surface area contributed by atoms with Crippen LogP contribution < -0.4 is 29.6 Å². The fourth-order valence-corrected chi connectivity index (χ4v) is 2.70. The largest absolute Gasteiger partial charge is 1.00 e. The van der Waals surface area contributed by atoms with Gasteiger partial charge >= 0.3 is 35.5 Å². The number of unbranched alkanes of at least 4 members (excludes halogenated alkanes) is 6. The molecule has 1 aliphatic rings. The summed E-state index contributed by atoms with van der Waals surface area (Å²) in [5, 5.41) is 9.03. The molecule has 1 saturated heterocycles. The maximum absolute atomic E-state index is 12.0. The van der Waals surface area contributed by atoms with Crippen molar-refractivity contribution in [2.75, 3.05) is 6.54 Å². The minimum absolute atomic E-state index is 0. The Bertz CT molecular complexity index is 303. The molecule has 1 heterocycles. The number of nitrogens with zero attached hydrogens (tertiary/aromatic N) is 1. The molecule has 0 saturated carbocycles. The number of hydrogen-bond acceptors (Lipinski definition) is 2. The molecule has 0 bridgehead atoms. The maximum Gasteiger partial charge on any atom is 1.00 e. The molecule has 1 rings (SSSR count). The van der Waals surface area contributed by atoms with Crippen molar-refractivity contribution in [2.45, 2.75) is 77.2 Å². The molecule has 4 nitrogen and oxygen atoms in total. The number of carbonyl (C=O) groups excluding carboxylic acids is 1. The quantitative estimate of drug-likeness (QED) is 0.492. The first kappa shape index (κ1) is 19.9. The van der Waals surface area contributed by atoms with Gasteiger partial charge in [-0.25, -0.2) is 4.79 Å². The van der Waals surface area contributed by atoms with Crippen molar-refractivity contribution in [1.29, 1.82) is 0 Å². The number of carboxylic acid groups (broad SMARTS) is 1. The van der Waals surface area contributed by atoms with E-state index in [0.717, 1.165) is 19.3 Å². The molecule has 112 valence electrons. The molecule has 0 spiro atoms. The van der Waals surface area contributed by atoms with E-state index in [2.05, 4.69) is 6.92 Å². The second-order valence-corrected chi connectivity index (χ2v) is 5.45. The molecule has 0 radical (unpaired) electrons. The first-order chi connectivity index (χ1) is 9.16. The van der Waals surface area contributed by atoms with Crippen LogP contribution in [0.1, 0.15) is 72.6 Å². The van der Waals surface area contributed by atoms with E-state index >= 15 is 0 Å². The smallest absolute Gasteiger partial charge is 1.00 e. The zero-order valence-electron chi connectivity index (χ0n) is 14.1. The minimum atomic E-state index is -0.856. The third-order valence-corrected chi connectivity index (χ3v) is 3.85. The van der Waals surface area contributed by atoms with E-state index in [9.17, 15) is 9.59 Å². The third-order valence-electron chi connectivity index (χ3n) is 3.85. The van der Waals surface area contributed by atoms with Crippen molar-refractivity contribution < 1.29 is 45.7 Å². The summed E-state index contributed by atoms with van der Waals surface area (Å²) < 4.78 is 0. The monoisotopic (exact) mass is 293 g/mol. The van der Waals surface area contributed by atoms with Gasteiger partial charge in [-0.05, 0) is 19.3 Å². The Morgan fingerprint density at radius 2 is 1.75 bits per heavy atom. The molecule has 0 aromatic carbocycles. The average Bonchev–Trinajstić information content (AvgIpc) is 2.87. The fourth-order valence-electron chi connectivity index (χ4n) is 2.70. The molecule has 1 unspecified atom stereocenters. The number of carbonyl (C=O) groups is 2. The van der Waals surface area contributed by atoms with E-state index in [4.69, 9.17) is 5.11 Å². The van der Waals surface area contributed by atoms with Crippen LogP contribution in [0.25, 0.3) is 0 Å². The van der Waals surface area contributed by atoms with Gasteiger partial charge in [-0.15, -0.1) is 0 Å². The van der Waals surface area contributed by atoms with Gasteiger partial charge in [0.1, 0.15) is 6.04 Å². The van der Waals surface area contributed by atoms with Crippen LogP contribution in [-0.4, -0.2) is 34.5 Å². The van der Waals surface area contributed by atoms with E-state index in [1.807, 2.05) is 0 Å². The van der Waals surface area contributed by atoms with Crippen molar-refractivity contribution in [1.82, 2.24) is 4.90 Å². The number of likely N-dealkylation sites (tertiary alicyclic amines) is 1. The normalized spacial score (nSPS) is 17.9. The summed E-state index contributed by atoms with van der Waals surface area (Å²) in [5.41, 5.74) is 0. The first-order valence-corrected chi connectivity index (χ1v) is 7.69. The predicted octanol–water partition coefficient (Wildman–Crippen LogP) is 0.319. The molecule has 1 aliphatic heterocycles. The van der Waals surface area contributed by atoms with Crippen LogP contribution in [0.4, 0.5) is 0 Å². The molecular weight excluding hydrogens is 265 g/mol. The Morgan fingerprint density at radius 3 is 2.35 bits per heavy atom. The Balaban J connectivity index is 0. The van der Waals surface area contributed by atoms with Crippen LogP contribution in [0, 0.1) is 0 Å². The van der Waals surface area contributed by atoms with Crippen LogP contribution in [0.2, 0.25) is 0 Å². The molecule has 0 aromatic rings. The van der Waals surface area contributed by atoms with E-state index < -0.39 is 12.0 Å². The molecule has 0 aliphatic carbocycles. The van der Waals surface area contributed by atoms with Crippen LogP contribution >= 0.6 is 0 Å². The summed E-state index contributed by atoms with van der Waals surface area (Å²) in [6.07, 6.45) is 10.2. The van der Waals surface area contributed by atoms with E-state index in [0.29, 0.717) is 19.4 Å². The second kappa shape index (κ2) is 11.6. The van der Waals surface area contributed by atoms with Gasteiger partial charge < -0.3 is 11.4 Å². The molecule has 20 heavy (non-hydrogen) atoms. The Labute approximate surface area is 146 Å². The number of aliphatic carboxylic acids is 1. The molecular formula is C15H28NNaO3. The fraction of sp³-hybridized carbons (Fsp3) is 0.867. The van der Waals surface area contributed by atoms with E-state index in [-0.39, 0.29) is 36.9 Å². The van der Waals surface area contributed by atoms with Crippen LogP contribution in [0.15, 0.2) is 0 Å². The van der Waals surface area contributed by atoms with Crippen molar-refractivity contribution in [2.24, 2.45) is 0 Å². The SMILES string of the molecule is CCCCCCCCCC(=O)N1CCCC1C(=O)O.[H-].[Na+]. The molecule has 0 aromatic heterocycles. The van der Waals surface area contributed by atoms with Gasteiger partial charge in [-0.1, -0.05) is 45.4 Å². The second-order valence-electron chi connectivity index (χ2n) is 5.45.